The molecule has 0 aliphatic carbocycles. The first-order chi connectivity index (χ1) is 10.1. The van der Waals surface area contributed by atoms with Gasteiger partial charge in [-0.2, -0.15) is 4.98 Å². The number of hydrogen-bond donors (Lipinski definition) is 0. The number of sulfone groups is 1. The molecule has 0 spiro atoms. The zero-order chi connectivity index (χ0) is 16.5. The van der Waals surface area contributed by atoms with E-state index < -0.39 is 15.1 Å². The monoisotopic (exact) mass is 342 g/mol. The highest BCUT2D eigenvalue weighted by Crippen LogP contribution is 2.30. The molecule has 22 heavy (non-hydrogen) atoms. The third-order valence-electron chi connectivity index (χ3n) is 3.32. The number of halogens is 1. The van der Waals surface area contributed by atoms with E-state index in [9.17, 15) is 8.42 Å². The first-order valence-corrected chi connectivity index (χ1v) is 8.99. The molecule has 0 fully saturated rings. The number of hydrogen-bond acceptors (Lipinski definition) is 5. The molecule has 0 radical (unpaired) electrons. The fraction of sp³-hybridized carbons (Fsp3) is 0.467. The van der Waals surface area contributed by atoms with Gasteiger partial charge in [-0.1, -0.05) is 55.7 Å². The van der Waals surface area contributed by atoms with Gasteiger partial charge >= 0.3 is 0 Å². The van der Waals surface area contributed by atoms with Crippen LogP contribution in [-0.4, -0.2) is 18.6 Å². The molecule has 1 aromatic heterocycles. The maximum atomic E-state index is 12.5. The molecule has 7 heteroatoms. The van der Waals surface area contributed by atoms with Gasteiger partial charge in [0.25, 0.3) is 0 Å². The summed E-state index contributed by atoms with van der Waals surface area (Å²) in [6.07, 6.45) is 0. The third-order valence-corrected chi connectivity index (χ3v) is 5.66. The first-order valence-electron chi connectivity index (χ1n) is 6.90. The molecule has 0 bridgehead atoms. The van der Waals surface area contributed by atoms with Gasteiger partial charge in [-0.3, -0.25) is 0 Å². The van der Waals surface area contributed by atoms with E-state index in [0.29, 0.717) is 16.5 Å². The lowest BCUT2D eigenvalue weighted by Crippen LogP contribution is -2.15. The van der Waals surface area contributed by atoms with Crippen molar-refractivity contribution < 1.29 is 12.9 Å². The maximum Gasteiger partial charge on any atom is 0.232 e. The van der Waals surface area contributed by atoms with Crippen LogP contribution in [0.3, 0.4) is 0 Å². The number of rotatable bonds is 4. The normalized spacial score (nSPS) is 14.0. The predicted octanol–water partition coefficient (Wildman–Crippen LogP) is 3.70. The molecule has 1 atom stereocenters. The largest absolute Gasteiger partial charge is 0.339 e. The van der Waals surface area contributed by atoms with Gasteiger partial charge in [0.15, 0.2) is 15.7 Å². The Balaban J connectivity index is 2.25. The zero-order valence-electron chi connectivity index (χ0n) is 13.0. The highest BCUT2D eigenvalue weighted by Gasteiger charge is 2.28. The van der Waals surface area contributed by atoms with E-state index in [1.54, 1.807) is 31.2 Å². The summed E-state index contributed by atoms with van der Waals surface area (Å²) in [5.74, 6) is 0.311. The van der Waals surface area contributed by atoms with E-state index in [4.69, 9.17) is 16.1 Å². The Bertz CT molecular complexity index is 763. The second kappa shape index (κ2) is 6.01. The Morgan fingerprint density at radius 2 is 1.91 bits per heavy atom. The lowest BCUT2D eigenvalue weighted by atomic mass is 9.97. The Morgan fingerprint density at radius 1 is 1.27 bits per heavy atom. The predicted molar refractivity (Wildman–Crippen MR) is 85.5 cm³/mol. The average molecular weight is 343 g/mol. The molecule has 0 aliphatic rings. The van der Waals surface area contributed by atoms with E-state index >= 15 is 0 Å². The molecule has 1 heterocycles. The van der Waals surface area contributed by atoms with Crippen molar-refractivity contribution in [1.82, 2.24) is 10.1 Å². The van der Waals surface area contributed by atoms with Crippen molar-refractivity contribution in [2.24, 2.45) is 0 Å². The van der Waals surface area contributed by atoms with Crippen LogP contribution in [0.15, 0.2) is 28.8 Å². The minimum absolute atomic E-state index is 0.170. The van der Waals surface area contributed by atoms with Crippen LogP contribution in [0.4, 0.5) is 0 Å². The second-order valence-corrected chi connectivity index (χ2v) is 8.97. The molecular formula is C15H19ClN2O3S. The lowest BCUT2D eigenvalue weighted by molar-refractivity contribution is 0.319. The Kier molecular flexibility index (Phi) is 4.63. The second-order valence-electron chi connectivity index (χ2n) is 6.24. The first kappa shape index (κ1) is 17.0. The van der Waals surface area contributed by atoms with E-state index in [1.165, 1.54) is 0 Å². The van der Waals surface area contributed by atoms with Crippen LogP contribution in [0.5, 0.6) is 0 Å². The average Bonchev–Trinajstić information content (AvgIpc) is 2.86. The molecule has 120 valence electrons. The lowest BCUT2D eigenvalue weighted by Gasteiger charge is -2.13. The summed E-state index contributed by atoms with van der Waals surface area (Å²) in [6, 6.07) is 6.91. The van der Waals surface area contributed by atoms with Crippen molar-refractivity contribution in [2.45, 2.75) is 44.1 Å². The third kappa shape index (κ3) is 3.67. The Hall–Kier alpha value is -1.40. The fourth-order valence-electron chi connectivity index (χ4n) is 1.92. The molecule has 0 saturated heterocycles. The minimum atomic E-state index is -3.49. The summed E-state index contributed by atoms with van der Waals surface area (Å²) >= 11 is 6.08. The van der Waals surface area contributed by atoms with Gasteiger partial charge in [-0.25, -0.2) is 8.42 Å². The van der Waals surface area contributed by atoms with Crippen molar-refractivity contribution in [2.75, 3.05) is 0 Å². The van der Waals surface area contributed by atoms with E-state index in [2.05, 4.69) is 10.1 Å². The smallest absolute Gasteiger partial charge is 0.232 e. The van der Waals surface area contributed by atoms with Crippen LogP contribution >= 0.6 is 11.6 Å². The quantitative estimate of drug-likeness (QED) is 0.847. The van der Waals surface area contributed by atoms with Crippen molar-refractivity contribution in [3.63, 3.8) is 0 Å². The SMILES string of the molecule is C[C@@H](c1ccccc1Cl)S(=O)(=O)Cc1noc(C(C)(C)C)n1. The topological polar surface area (TPSA) is 73.1 Å². The molecule has 1 aromatic carbocycles. The number of benzene rings is 1. The Morgan fingerprint density at radius 3 is 2.45 bits per heavy atom. The highest BCUT2D eigenvalue weighted by molar-refractivity contribution is 7.90. The van der Waals surface area contributed by atoms with E-state index in [0.717, 1.165) is 0 Å². The van der Waals surface area contributed by atoms with Gasteiger partial charge in [0, 0.05) is 10.4 Å². The summed E-state index contributed by atoms with van der Waals surface area (Å²) in [5, 5.41) is 3.46. The van der Waals surface area contributed by atoms with Gasteiger partial charge in [0.2, 0.25) is 5.89 Å². The minimum Gasteiger partial charge on any atom is -0.339 e. The summed E-state index contributed by atoms with van der Waals surface area (Å²) < 4.78 is 30.2. The number of aromatic nitrogens is 2. The van der Waals surface area contributed by atoms with Crippen molar-refractivity contribution in [1.29, 1.82) is 0 Å². The van der Waals surface area contributed by atoms with Gasteiger partial charge in [0.1, 0.15) is 5.75 Å². The molecule has 0 N–H and O–H groups in total. The molecule has 2 aromatic rings. The van der Waals surface area contributed by atoms with Crippen LogP contribution in [0.25, 0.3) is 0 Å². The van der Waals surface area contributed by atoms with Crippen LogP contribution in [-0.2, 0) is 21.0 Å². The van der Waals surface area contributed by atoms with Crippen LogP contribution in [0, 0.1) is 0 Å². The highest BCUT2D eigenvalue weighted by atomic mass is 35.5. The summed E-state index contributed by atoms with van der Waals surface area (Å²) in [4.78, 5) is 4.18. The van der Waals surface area contributed by atoms with Gasteiger partial charge in [-0.15, -0.1) is 0 Å². The van der Waals surface area contributed by atoms with Gasteiger partial charge in [-0.05, 0) is 18.6 Å². The summed E-state index contributed by atoms with van der Waals surface area (Å²) in [5.41, 5.74) is 0.257. The van der Waals surface area contributed by atoms with Crippen molar-refractivity contribution >= 4 is 21.4 Å². The molecular weight excluding hydrogens is 324 g/mol. The molecule has 5 nitrogen and oxygen atoms in total. The van der Waals surface area contributed by atoms with Gasteiger partial charge < -0.3 is 4.52 Å². The summed E-state index contributed by atoms with van der Waals surface area (Å²) in [7, 11) is -3.49. The standard InChI is InChI=1S/C15H19ClN2O3S/c1-10(11-7-5-6-8-12(11)16)22(19,20)9-13-17-14(21-18-13)15(2,3)4/h5-8,10H,9H2,1-4H3/t10-/m0/s1. The zero-order valence-corrected chi connectivity index (χ0v) is 14.6. The Labute approximate surface area is 135 Å². The van der Waals surface area contributed by atoms with E-state index in [-0.39, 0.29) is 17.0 Å². The fourth-order valence-corrected chi connectivity index (χ4v) is 3.60. The summed E-state index contributed by atoms with van der Waals surface area (Å²) in [6.45, 7) is 7.38. The maximum absolute atomic E-state index is 12.5. The van der Waals surface area contributed by atoms with Crippen LogP contribution in [0.1, 0.15) is 50.2 Å². The molecule has 0 saturated carbocycles. The molecule has 0 unspecified atom stereocenters. The molecule has 0 amide bonds. The van der Waals surface area contributed by atoms with Crippen molar-refractivity contribution in [3.05, 3.63) is 46.6 Å². The van der Waals surface area contributed by atoms with Crippen LogP contribution in [0.2, 0.25) is 5.02 Å². The van der Waals surface area contributed by atoms with Crippen LogP contribution < -0.4 is 0 Å². The number of nitrogens with zero attached hydrogens (tertiary/aromatic N) is 2. The molecule has 0 aliphatic heterocycles. The van der Waals surface area contributed by atoms with E-state index in [1.807, 2.05) is 20.8 Å². The molecule has 2 rings (SSSR count). The van der Waals surface area contributed by atoms with Crippen molar-refractivity contribution in [3.8, 4) is 0 Å². The van der Waals surface area contributed by atoms with Gasteiger partial charge in [0.05, 0.1) is 5.25 Å².